The van der Waals surface area contributed by atoms with E-state index in [1.165, 1.54) is 12.8 Å². The molecule has 1 aliphatic heterocycles. The monoisotopic (exact) mass is 580 g/mol. The number of rotatable bonds is 8. The molecule has 42 heavy (non-hydrogen) atoms. The molecule has 1 saturated heterocycles. The van der Waals surface area contributed by atoms with Gasteiger partial charge in [0.05, 0.1) is 11.1 Å². The maximum absolute atomic E-state index is 14.1. The lowest BCUT2D eigenvalue weighted by Gasteiger charge is -2.34. The number of aromatic amines is 1. The number of hydrogen-bond donors (Lipinski definition) is 3. The summed E-state index contributed by atoms with van der Waals surface area (Å²) >= 11 is 0. The van der Waals surface area contributed by atoms with Gasteiger partial charge in [0.1, 0.15) is 11.6 Å². The maximum atomic E-state index is 14.1. The van der Waals surface area contributed by atoms with Gasteiger partial charge in [0, 0.05) is 62.3 Å². The average Bonchev–Trinajstić information content (AvgIpc) is 3.72. The molecule has 2 fully saturated rings. The number of aromatic nitrogens is 4. The van der Waals surface area contributed by atoms with Gasteiger partial charge in [-0.15, -0.1) is 0 Å². The Labute approximate surface area is 239 Å². The van der Waals surface area contributed by atoms with Crippen LogP contribution in [0.1, 0.15) is 45.9 Å². The molecule has 0 unspecified atom stereocenters. The van der Waals surface area contributed by atoms with Crippen LogP contribution >= 0.6 is 0 Å². The lowest BCUT2D eigenvalue weighted by molar-refractivity contribution is -0.138. The van der Waals surface area contributed by atoms with Crippen molar-refractivity contribution in [2.75, 3.05) is 41.7 Å². The van der Waals surface area contributed by atoms with E-state index in [0.29, 0.717) is 30.3 Å². The highest BCUT2D eigenvalue weighted by Crippen LogP contribution is 2.39. The Bertz CT molecular complexity index is 1560. The molecular weight excluding hydrogens is 552 g/mol. The van der Waals surface area contributed by atoms with Gasteiger partial charge in [-0.1, -0.05) is 18.2 Å². The van der Waals surface area contributed by atoms with Crippen LogP contribution in [0, 0.1) is 5.82 Å². The first-order chi connectivity index (χ1) is 20.2. The van der Waals surface area contributed by atoms with Crippen molar-refractivity contribution in [2.24, 2.45) is 0 Å². The number of halogens is 4. The molecule has 6 rings (SSSR count). The van der Waals surface area contributed by atoms with Crippen LogP contribution in [0.4, 0.5) is 40.8 Å². The molecule has 2 aromatic carbocycles. The van der Waals surface area contributed by atoms with Crippen molar-refractivity contribution in [3.05, 3.63) is 89.0 Å². The van der Waals surface area contributed by atoms with Gasteiger partial charge in [-0.3, -0.25) is 14.8 Å². The van der Waals surface area contributed by atoms with Crippen LogP contribution in [0.5, 0.6) is 0 Å². The summed E-state index contributed by atoms with van der Waals surface area (Å²) in [4.78, 5) is 26.0. The smallest absolute Gasteiger partial charge is 0.338 e. The summed E-state index contributed by atoms with van der Waals surface area (Å²) in [6.45, 7) is 3.67. The van der Waals surface area contributed by atoms with Crippen LogP contribution in [0.2, 0.25) is 0 Å². The molecule has 1 aliphatic carbocycles. The Morgan fingerprint density at radius 2 is 1.76 bits per heavy atom. The van der Waals surface area contributed by atoms with E-state index >= 15 is 0 Å². The Balaban J connectivity index is 1.01. The maximum Gasteiger partial charge on any atom is 0.417 e. The number of anilines is 4. The van der Waals surface area contributed by atoms with Crippen molar-refractivity contribution < 1.29 is 22.4 Å². The summed E-state index contributed by atoms with van der Waals surface area (Å²) in [6.07, 6.45) is -0.738. The van der Waals surface area contributed by atoms with Crippen LogP contribution in [0.3, 0.4) is 0 Å². The number of hydrogen-bond acceptors (Lipinski definition) is 7. The van der Waals surface area contributed by atoms with Crippen LogP contribution in [-0.4, -0.2) is 57.2 Å². The second-order valence-electron chi connectivity index (χ2n) is 10.4. The third kappa shape index (κ3) is 6.35. The van der Waals surface area contributed by atoms with E-state index in [2.05, 4.69) is 40.6 Å². The minimum absolute atomic E-state index is 0.272. The molecule has 1 amide bonds. The average molecular weight is 581 g/mol. The number of H-pyrrole nitrogens is 1. The Morgan fingerprint density at radius 3 is 2.48 bits per heavy atom. The molecule has 2 aromatic heterocycles. The molecule has 9 nitrogen and oxygen atoms in total. The zero-order valence-corrected chi connectivity index (χ0v) is 22.5. The molecular formula is C29H28F4N8O. The molecule has 218 valence electrons. The molecule has 1 saturated carbocycles. The number of nitrogens with one attached hydrogen (secondary N) is 3. The number of piperazine rings is 1. The first-order valence-corrected chi connectivity index (χ1v) is 13.6. The van der Waals surface area contributed by atoms with E-state index in [1.807, 2.05) is 12.1 Å². The van der Waals surface area contributed by atoms with Crippen molar-refractivity contribution in [1.82, 2.24) is 25.1 Å². The fraction of sp³-hybridized carbons (Fsp3) is 0.310. The third-order valence-electron chi connectivity index (χ3n) is 7.33. The van der Waals surface area contributed by atoms with Crippen LogP contribution in [-0.2, 0) is 12.7 Å². The molecule has 13 heteroatoms. The number of alkyl halides is 3. The summed E-state index contributed by atoms with van der Waals surface area (Å²) in [6, 6.07) is 13.0. The van der Waals surface area contributed by atoms with Gasteiger partial charge in [-0.25, -0.2) is 9.37 Å². The molecule has 0 spiro atoms. The first-order valence-electron chi connectivity index (χ1n) is 13.6. The van der Waals surface area contributed by atoms with Gasteiger partial charge in [0.25, 0.3) is 5.91 Å². The topological polar surface area (TPSA) is 102 Å². The van der Waals surface area contributed by atoms with Crippen molar-refractivity contribution in [3.8, 4) is 0 Å². The third-order valence-corrected chi connectivity index (χ3v) is 7.33. The summed E-state index contributed by atoms with van der Waals surface area (Å²) in [7, 11) is 0. The molecule has 3 N–H and O–H groups in total. The minimum Gasteiger partial charge on any atom is -0.338 e. The molecule has 3 heterocycles. The van der Waals surface area contributed by atoms with E-state index in [1.54, 1.807) is 30.5 Å². The second-order valence-corrected chi connectivity index (χ2v) is 10.4. The normalized spacial score (nSPS) is 16.0. The summed E-state index contributed by atoms with van der Waals surface area (Å²) in [5, 5.41) is 13.0. The molecule has 4 aromatic rings. The van der Waals surface area contributed by atoms with Crippen molar-refractivity contribution in [2.45, 2.75) is 31.5 Å². The minimum atomic E-state index is -4.85. The fourth-order valence-corrected chi connectivity index (χ4v) is 4.95. The predicted molar refractivity (Wildman–Crippen MR) is 149 cm³/mol. The molecule has 0 radical (unpaired) electrons. The molecule has 0 atom stereocenters. The van der Waals surface area contributed by atoms with Crippen LogP contribution in [0.25, 0.3) is 0 Å². The van der Waals surface area contributed by atoms with Gasteiger partial charge in [0.2, 0.25) is 5.95 Å². The summed E-state index contributed by atoms with van der Waals surface area (Å²) in [5.74, 6) is 0.249. The summed E-state index contributed by atoms with van der Waals surface area (Å²) in [5.41, 5.74) is 0.0410. The Hall–Kier alpha value is -4.52. The van der Waals surface area contributed by atoms with E-state index < -0.39 is 29.0 Å². The van der Waals surface area contributed by atoms with Gasteiger partial charge < -0.3 is 15.5 Å². The number of benzene rings is 2. The van der Waals surface area contributed by atoms with E-state index in [0.717, 1.165) is 55.4 Å². The Kier molecular flexibility index (Phi) is 7.50. The summed E-state index contributed by atoms with van der Waals surface area (Å²) < 4.78 is 54.0. The van der Waals surface area contributed by atoms with Crippen molar-refractivity contribution in [3.63, 3.8) is 0 Å². The van der Waals surface area contributed by atoms with Gasteiger partial charge in [0.15, 0.2) is 5.82 Å². The van der Waals surface area contributed by atoms with Gasteiger partial charge >= 0.3 is 6.18 Å². The highest BCUT2D eigenvalue weighted by atomic mass is 19.4. The van der Waals surface area contributed by atoms with Crippen LogP contribution < -0.4 is 15.5 Å². The number of nitrogens with zero attached hydrogens (tertiary/aromatic N) is 5. The highest BCUT2D eigenvalue weighted by Gasteiger charge is 2.36. The van der Waals surface area contributed by atoms with Crippen molar-refractivity contribution >= 4 is 29.2 Å². The standard InChI is InChI=1S/C29H28F4N8O/c30-22-3-1-2-21(29(31,32)33)26(22)27(42)35-20-8-4-18(5-9-20)17-40-12-14-41(15-13-40)28-34-11-10-24(37-28)36-25-16-23(38-39-25)19-6-7-19/h1-5,8-11,16,19H,6-7,12-15,17H2,(H,35,42)(H2,34,36,37,38,39). The zero-order chi connectivity index (χ0) is 29.3. The largest absolute Gasteiger partial charge is 0.417 e. The van der Waals surface area contributed by atoms with Gasteiger partial charge in [-0.05, 0) is 48.7 Å². The van der Waals surface area contributed by atoms with E-state index in [-0.39, 0.29) is 5.69 Å². The van der Waals surface area contributed by atoms with Gasteiger partial charge in [-0.2, -0.15) is 23.3 Å². The second kappa shape index (κ2) is 11.4. The first kappa shape index (κ1) is 27.6. The highest BCUT2D eigenvalue weighted by molar-refractivity contribution is 6.05. The zero-order valence-electron chi connectivity index (χ0n) is 22.5. The number of amides is 1. The fourth-order valence-electron chi connectivity index (χ4n) is 4.95. The van der Waals surface area contributed by atoms with E-state index in [9.17, 15) is 22.4 Å². The number of carbonyl (C=O) groups excluding carboxylic acids is 1. The molecule has 2 aliphatic rings. The van der Waals surface area contributed by atoms with Crippen LogP contribution in [0.15, 0.2) is 60.8 Å². The van der Waals surface area contributed by atoms with Crippen molar-refractivity contribution in [1.29, 1.82) is 0 Å². The van der Waals surface area contributed by atoms with E-state index in [4.69, 9.17) is 0 Å². The Morgan fingerprint density at radius 1 is 1.00 bits per heavy atom. The number of carbonyl (C=O) groups is 1. The SMILES string of the molecule is O=C(Nc1ccc(CN2CCN(c3nccc(Nc4cc(C5CC5)[nH]n4)n3)CC2)cc1)c1c(F)cccc1C(F)(F)F. The predicted octanol–water partition coefficient (Wildman–Crippen LogP) is 5.55. The quantitative estimate of drug-likeness (QED) is 0.235. The lowest BCUT2D eigenvalue weighted by Crippen LogP contribution is -2.46. The lowest BCUT2D eigenvalue weighted by atomic mass is 10.1. The molecule has 0 bridgehead atoms.